The van der Waals surface area contributed by atoms with Crippen molar-refractivity contribution in [3.63, 3.8) is 0 Å². The van der Waals surface area contributed by atoms with Gasteiger partial charge in [-0.1, -0.05) is 18.2 Å². The molecule has 136 valence electrons. The van der Waals surface area contributed by atoms with Crippen molar-refractivity contribution in [2.45, 2.75) is 11.5 Å². The number of hydrogen-bond donors (Lipinski definition) is 4. The topological polar surface area (TPSA) is 128 Å². The largest absolute Gasteiger partial charge is 0.491 e. The lowest BCUT2D eigenvalue weighted by Crippen LogP contribution is -2.40. The number of fused-ring (bicyclic) bond motifs is 1. The number of carboxylic acid groups (broad SMARTS) is 1. The van der Waals surface area contributed by atoms with Crippen molar-refractivity contribution in [3.8, 4) is 0 Å². The van der Waals surface area contributed by atoms with E-state index >= 15 is 0 Å². The lowest BCUT2D eigenvalue weighted by molar-refractivity contribution is 0.199. The number of rotatable bonds is 5. The first-order valence-electron chi connectivity index (χ1n) is 7.58. The molecule has 0 aromatic heterocycles. The van der Waals surface area contributed by atoms with Crippen LogP contribution in [0.5, 0.6) is 0 Å². The molecule has 4 N–H and O–H groups in total. The summed E-state index contributed by atoms with van der Waals surface area (Å²) in [6.45, 7) is 0.252. The average molecular weight is 377 g/mol. The number of sulfonamides is 1. The number of carbonyl (C=O) groups is 1. The van der Waals surface area contributed by atoms with Crippen molar-refractivity contribution in [1.82, 2.24) is 5.43 Å². The van der Waals surface area contributed by atoms with Crippen molar-refractivity contribution in [2.24, 2.45) is 0 Å². The molecule has 1 amide bonds. The van der Waals surface area contributed by atoms with Crippen molar-refractivity contribution >= 4 is 40.1 Å². The van der Waals surface area contributed by atoms with Gasteiger partial charge in [-0.05, 0) is 35.3 Å². The second-order valence-corrected chi connectivity index (χ2v) is 7.14. The van der Waals surface area contributed by atoms with Gasteiger partial charge in [0.25, 0.3) is 10.0 Å². The molecule has 0 unspecified atom stereocenters. The fraction of sp³-hybridized carbons (Fsp3) is 0.133. The zero-order valence-corrected chi connectivity index (χ0v) is 14.5. The number of amides is 1. The first-order valence-corrected chi connectivity index (χ1v) is 9.06. The lowest BCUT2D eigenvalue weighted by atomic mass is 9.79. The normalized spacial score (nSPS) is 13.4. The molecule has 0 saturated carbocycles. The van der Waals surface area contributed by atoms with E-state index in [1.165, 1.54) is 37.4 Å². The second-order valence-electron chi connectivity index (χ2n) is 5.49. The number of hydrazine groups is 1. The Morgan fingerprint density at radius 3 is 2.69 bits per heavy atom. The average Bonchev–Trinajstić information content (AvgIpc) is 2.96. The van der Waals surface area contributed by atoms with E-state index in [4.69, 9.17) is 4.65 Å². The Morgan fingerprint density at radius 1 is 1.27 bits per heavy atom. The number of nitrogens with one attached hydrogen (secondary N) is 2. The molecule has 3 rings (SSSR count). The Hall–Kier alpha value is -2.60. The molecule has 11 heteroatoms. The Morgan fingerprint density at radius 2 is 2.00 bits per heavy atom. The maximum absolute atomic E-state index is 12.8. The van der Waals surface area contributed by atoms with E-state index in [2.05, 4.69) is 10.1 Å². The van der Waals surface area contributed by atoms with Gasteiger partial charge in [-0.25, -0.2) is 23.6 Å². The van der Waals surface area contributed by atoms with E-state index < -0.39 is 23.2 Å². The minimum absolute atomic E-state index is 0.0421. The molecular weight excluding hydrogens is 361 g/mol. The zero-order chi connectivity index (χ0) is 18.9. The molecule has 2 aromatic carbocycles. The highest BCUT2D eigenvalue weighted by molar-refractivity contribution is 7.92. The fourth-order valence-corrected chi connectivity index (χ4v) is 3.92. The van der Waals surface area contributed by atoms with Crippen molar-refractivity contribution in [1.29, 1.82) is 0 Å². The van der Waals surface area contributed by atoms with Crippen LogP contribution >= 0.6 is 0 Å². The highest BCUT2D eigenvalue weighted by atomic mass is 32.2. The molecule has 0 saturated heterocycles. The van der Waals surface area contributed by atoms with E-state index in [0.717, 1.165) is 5.56 Å². The van der Waals surface area contributed by atoms with E-state index in [1.54, 1.807) is 12.1 Å². The summed E-state index contributed by atoms with van der Waals surface area (Å²) in [5.74, 6) is 0. The van der Waals surface area contributed by atoms with Crippen molar-refractivity contribution in [2.75, 3.05) is 16.8 Å². The Kier molecular flexibility index (Phi) is 4.87. The van der Waals surface area contributed by atoms with Crippen LogP contribution in [0.15, 0.2) is 47.4 Å². The Bertz CT molecular complexity index is 952. The van der Waals surface area contributed by atoms with Crippen LogP contribution < -0.4 is 20.6 Å². The van der Waals surface area contributed by atoms with Crippen molar-refractivity contribution in [3.05, 3.63) is 48.0 Å². The lowest BCUT2D eigenvalue weighted by Gasteiger charge is -2.21. The predicted octanol–water partition coefficient (Wildman–Crippen LogP) is 0.324. The molecule has 0 bridgehead atoms. The molecule has 2 aromatic rings. The van der Waals surface area contributed by atoms with E-state index in [0.29, 0.717) is 10.5 Å². The maximum Gasteiger partial charge on any atom is 0.491 e. The third-order valence-electron chi connectivity index (χ3n) is 3.87. The fourth-order valence-electron chi connectivity index (χ4n) is 2.68. The summed E-state index contributed by atoms with van der Waals surface area (Å²) >= 11 is 0. The number of anilines is 2. The van der Waals surface area contributed by atoms with Gasteiger partial charge in [0.2, 0.25) is 0 Å². The molecule has 1 aliphatic heterocycles. The number of benzene rings is 2. The van der Waals surface area contributed by atoms with Crippen molar-refractivity contribution < 1.29 is 28.0 Å². The van der Waals surface area contributed by atoms with E-state index in [-0.39, 0.29) is 22.9 Å². The summed E-state index contributed by atoms with van der Waals surface area (Å²) < 4.78 is 33.1. The van der Waals surface area contributed by atoms with Gasteiger partial charge in [-0.2, -0.15) is 0 Å². The molecule has 1 aliphatic rings. The highest BCUT2D eigenvalue weighted by Crippen LogP contribution is 2.26. The summed E-state index contributed by atoms with van der Waals surface area (Å²) in [5, 5.41) is 19.7. The van der Waals surface area contributed by atoms with Crippen LogP contribution in [-0.2, 0) is 21.3 Å². The SMILES string of the molecule is CNN(C(=O)O)c1ccccc1S(=O)(=O)Nc1ccc2c(c1)B(O)OC2. The molecule has 0 aliphatic carbocycles. The van der Waals surface area contributed by atoms with Crippen LogP contribution in [0.4, 0.5) is 16.2 Å². The van der Waals surface area contributed by atoms with Gasteiger partial charge in [0.05, 0.1) is 12.3 Å². The van der Waals surface area contributed by atoms with Gasteiger partial charge in [0.15, 0.2) is 0 Å². The highest BCUT2D eigenvalue weighted by Gasteiger charge is 2.29. The summed E-state index contributed by atoms with van der Waals surface area (Å²) in [6, 6.07) is 10.4. The van der Waals surface area contributed by atoms with Crippen LogP contribution in [-0.4, -0.2) is 38.8 Å². The van der Waals surface area contributed by atoms with E-state index in [9.17, 15) is 23.3 Å². The van der Waals surface area contributed by atoms with Crippen LogP contribution in [0.25, 0.3) is 0 Å². The quantitative estimate of drug-likeness (QED) is 0.437. The maximum atomic E-state index is 12.8. The summed E-state index contributed by atoms with van der Waals surface area (Å²) in [5.41, 5.74) is 3.87. The molecular formula is C15H16BN3O6S. The summed E-state index contributed by atoms with van der Waals surface area (Å²) in [7, 11) is -3.82. The third-order valence-corrected chi connectivity index (χ3v) is 5.30. The van der Waals surface area contributed by atoms with E-state index in [1.807, 2.05) is 0 Å². The molecule has 26 heavy (non-hydrogen) atoms. The zero-order valence-electron chi connectivity index (χ0n) is 13.7. The van der Waals surface area contributed by atoms with Gasteiger partial charge in [0, 0.05) is 12.7 Å². The predicted molar refractivity (Wildman–Crippen MR) is 95.7 cm³/mol. The minimum atomic E-state index is -4.08. The van der Waals surface area contributed by atoms with Gasteiger partial charge in [-0.3, -0.25) is 4.72 Å². The first kappa shape index (κ1) is 18.2. The molecule has 1 heterocycles. The van der Waals surface area contributed by atoms with Crippen LogP contribution in [0.1, 0.15) is 5.56 Å². The molecule has 0 fully saturated rings. The minimum Gasteiger partial charge on any atom is -0.464 e. The molecule has 0 atom stereocenters. The first-order chi connectivity index (χ1) is 12.3. The number of hydrogen-bond acceptors (Lipinski definition) is 6. The Balaban J connectivity index is 1.97. The van der Waals surface area contributed by atoms with Crippen LogP contribution in [0.3, 0.4) is 0 Å². The second kappa shape index (κ2) is 6.96. The molecule has 9 nitrogen and oxygen atoms in total. The van der Waals surface area contributed by atoms with Gasteiger partial charge < -0.3 is 14.8 Å². The smallest absolute Gasteiger partial charge is 0.464 e. The Labute approximate surface area is 150 Å². The van der Waals surface area contributed by atoms with Gasteiger partial charge >= 0.3 is 13.2 Å². The van der Waals surface area contributed by atoms with Gasteiger partial charge in [0.1, 0.15) is 4.90 Å². The third kappa shape index (κ3) is 3.37. The van der Waals surface area contributed by atoms with Gasteiger partial charge in [-0.15, -0.1) is 0 Å². The molecule has 0 radical (unpaired) electrons. The number of nitrogens with zero attached hydrogens (tertiary/aromatic N) is 1. The number of para-hydroxylation sites is 1. The monoisotopic (exact) mass is 377 g/mol. The summed E-state index contributed by atoms with van der Waals surface area (Å²) in [4.78, 5) is 11.1. The molecule has 0 spiro atoms. The standard InChI is InChI=1S/C15H16BN3O6S/c1-17-19(15(20)21)13-4-2-3-5-14(13)26(23,24)18-11-7-6-10-9-25-16(22)12(10)8-11/h2-8,17-18,22H,9H2,1H3,(H,20,21). The summed E-state index contributed by atoms with van der Waals surface area (Å²) in [6.07, 6.45) is -1.35. The van der Waals surface area contributed by atoms with Crippen LogP contribution in [0, 0.1) is 0 Å². The van der Waals surface area contributed by atoms with Crippen LogP contribution in [0.2, 0.25) is 0 Å².